The molecule has 9 heteroatoms. The first-order chi connectivity index (χ1) is 22.6. The minimum Gasteiger partial charge on any atom is -0.457 e. The lowest BCUT2D eigenvalue weighted by molar-refractivity contribution is -0.140. The van der Waals surface area contributed by atoms with E-state index < -0.39 is 28.5 Å². The third-order valence-electron chi connectivity index (χ3n) is 8.51. The van der Waals surface area contributed by atoms with Crippen LogP contribution >= 0.6 is 0 Å². The van der Waals surface area contributed by atoms with Gasteiger partial charge in [-0.25, -0.2) is 8.42 Å². The summed E-state index contributed by atoms with van der Waals surface area (Å²) in [6, 6.07) is 29.6. The summed E-state index contributed by atoms with van der Waals surface area (Å²) < 4.78 is 35.5. The Bertz CT molecular complexity index is 1750. The molecule has 4 aromatic carbocycles. The Morgan fingerprint density at radius 2 is 1.49 bits per heavy atom. The molecule has 5 rings (SSSR count). The van der Waals surface area contributed by atoms with Crippen LogP contribution in [0.15, 0.2) is 108 Å². The minimum absolute atomic E-state index is 0.0664. The molecule has 0 radical (unpaired) electrons. The van der Waals surface area contributed by atoms with Crippen molar-refractivity contribution in [1.82, 2.24) is 10.2 Å². The molecule has 1 aliphatic rings. The number of ether oxygens (including phenoxy) is 1. The molecule has 1 saturated carbocycles. The van der Waals surface area contributed by atoms with E-state index in [0.29, 0.717) is 23.6 Å². The van der Waals surface area contributed by atoms with Gasteiger partial charge in [-0.2, -0.15) is 0 Å². The van der Waals surface area contributed by atoms with Crippen molar-refractivity contribution in [2.45, 2.75) is 76.4 Å². The van der Waals surface area contributed by atoms with Gasteiger partial charge in [0.2, 0.25) is 11.8 Å². The zero-order valence-electron chi connectivity index (χ0n) is 27.3. The lowest BCUT2D eigenvalue weighted by atomic mass is 10.1. The van der Waals surface area contributed by atoms with Gasteiger partial charge in [0.1, 0.15) is 24.1 Å². The summed E-state index contributed by atoms with van der Waals surface area (Å²) in [6.07, 6.45) is 4.34. The molecule has 1 atom stereocenters. The number of nitrogens with zero attached hydrogens (tertiary/aromatic N) is 2. The fraction of sp³-hybridized carbons (Fsp3) is 0.316. The predicted octanol–water partition coefficient (Wildman–Crippen LogP) is 7.16. The lowest BCUT2D eigenvalue weighted by Crippen LogP contribution is -2.53. The fourth-order valence-corrected chi connectivity index (χ4v) is 7.38. The summed E-state index contributed by atoms with van der Waals surface area (Å²) in [6.45, 7) is 5.41. The predicted molar refractivity (Wildman–Crippen MR) is 185 cm³/mol. The second-order valence-electron chi connectivity index (χ2n) is 12.2. The number of amides is 2. The Labute approximate surface area is 278 Å². The van der Waals surface area contributed by atoms with Gasteiger partial charge in [0.05, 0.1) is 10.6 Å². The molecular weight excluding hydrogens is 611 g/mol. The molecule has 4 aromatic rings. The number of hydrogen-bond acceptors (Lipinski definition) is 5. The number of anilines is 1. The molecule has 246 valence electrons. The number of sulfonamides is 1. The van der Waals surface area contributed by atoms with Gasteiger partial charge in [-0.05, 0) is 87.2 Å². The van der Waals surface area contributed by atoms with E-state index >= 15 is 0 Å². The second-order valence-corrected chi connectivity index (χ2v) is 14.0. The quantitative estimate of drug-likeness (QED) is 0.165. The standard InChI is InChI=1S/C38H43N3O5S/c1-4-36(38(43)39-31-13-8-9-14-31)40(26-30-12-10-11-29(3)25-30)37(42)27-41(47(44,45)35-23-17-28(2)18-24-35)32-19-21-34(22-20-32)46-33-15-6-5-7-16-33/h5-7,10-12,15-25,31,36H,4,8-9,13-14,26-27H2,1-3H3,(H,39,43)/t36-/m0/s1. The van der Waals surface area contributed by atoms with Crippen molar-refractivity contribution >= 4 is 27.5 Å². The van der Waals surface area contributed by atoms with Crippen molar-refractivity contribution in [3.63, 3.8) is 0 Å². The highest BCUT2D eigenvalue weighted by Crippen LogP contribution is 2.29. The number of rotatable bonds is 13. The summed E-state index contributed by atoms with van der Waals surface area (Å²) in [7, 11) is -4.18. The van der Waals surface area contributed by atoms with E-state index in [9.17, 15) is 18.0 Å². The van der Waals surface area contributed by atoms with Crippen LogP contribution in [0.1, 0.15) is 55.7 Å². The van der Waals surface area contributed by atoms with Crippen LogP contribution in [0.25, 0.3) is 0 Å². The topological polar surface area (TPSA) is 96.0 Å². The van der Waals surface area contributed by atoms with Gasteiger partial charge in [-0.15, -0.1) is 0 Å². The van der Waals surface area contributed by atoms with Crippen LogP contribution in [0.2, 0.25) is 0 Å². The smallest absolute Gasteiger partial charge is 0.264 e. The van der Waals surface area contributed by atoms with Crippen molar-refractivity contribution in [2.75, 3.05) is 10.8 Å². The monoisotopic (exact) mass is 653 g/mol. The molecule has 1 N–H and O–H groups in total. The summed E-state index contributed by atoms with van der Waals surface area (Å²) >= 11 is 0. The molecule has 0 unspecified atom stereocenters. The molecule has 0 bridgehead atoms. The second kappa shape index (κ2) is 15.3. The van der Waals surface area contributed by atoms with Gasteiger partial charge in [0, 0.05) is 12.6 Å². The molecule has 0 aromatic heterocycles. The summed E-state index contributed by atoms with van der Waals surface area (Å²) in [5.41, 5.74) is 3.11. The largest absolute Gasteiger partial charge is 0.457 e. The first kappa shape index (κ1) is 33.7. The Balaban J connectivity index is 1.49. The Hall–Kier alpha value is -4.63. The van der Waals surface area contributed by atoms with Crippen LogP contribution in [0.4, 0.5) is 5.69 Å². The number of carbonyl (C=O) groups excluding carboxylic acids is 2. The van der Waals surface area contributed by atoms with Crippen LogP contribution in [-0.2, 0) is 26.2 Å². The van der Waals surface area contributed by atoms with Crippen molar-refractivity contribution in [1.29, 1.82) is 0 Å². The Morgan fingerprint density at radius 1 is 0.830 bits per heavy atom. The highest BCUT2D eigenvalue weighted by Gasteiger charge is 2.34. The maximum atomic E-state index is 14.4. The molecule has 0 saturated heterocycles. The van der Waals surface area contributed by atoms with E-state index in [-0.39, 0.29) is 23.4 Å². The molecule has 1 aliphatic carbocycles. The highest BCUT2D eigenvalue weighted by molar-refractivity contribution is 7.92. The zero-order valence-corrected chi connectivity index (χ0v) is 28.1. The van der Waals surface area contributed by atoms with Gasteiger partial charge in [0.15, 0.2) is 0 Å². The normalized spacial score (nSPS) is 13.9. The summed E-state index contributed by atoms with van der Waals surface area (Å²) in [5, 5.41) is 3.16. The highest BCUT2D eigenvalue weighted by atomic mass is 32.2. The van der Waals surface area contributed by atoms with Crippen molar-refractivity contribution in [2.24, 2.45) is 0 Å². The van der Waals surface area contributed by atoms with Crippen LogP contribution in [0, 0.1) is 13.8 Å². The third-order valence-corrected chi connectivity index (χ3v) is 10.3. The average molecular weight is 654 g/mol. The number of benzene rings is 4. The van der Waals surface area contributed by atoms with Gasteiger partial charge >= 0.3 is 0 Å². The van der Waals surface area contributed by atoms with E-state index in [4.69, 9.17) is 4.74 Å². The third kappa shape index (κ3) is 8.60. The molecule has 1 fully saturated rings. The van der Waals surface area contributed by atoms with Gasteiger partial charge in [-0.3, -0.25) is 13.9 Å². The number of para-hydroxylation sites is 1. The van der Waals surface area contributed by atoms with Gasteiger partial charge in [0.25, 0.3) is 10.0 Å². The minimum atomic E-state index is -4.18. The molecule has 0 heterocycles. The van der Waals surface area contributed by atoms with E-state index in [2.05, 4.69) is 5.32 Å². The zero-order chi connectivity index (χ0) is 33.4. The van der Waals surface area contributed by atoms with Crippen molar-refractivity contribution in [3.8, 4) is 11.5 Å². The maximum absolute atomic E-state index is 14.4. The summed E-state index contributed by atoms with van der Waals surface area (Å²) in [4.78, 5) is 29.7. The molecule has 0 aliphatic heterocycles. The molecular formula is C38H43N3O5S. The van der Waals surface area contributed by atoms with Crippen molar-refractivity contribution in [3.05, 3.63) is 120 Å². The van der Waals surface area contributed by atoms with E-state index in [1.165, 1.54) is 4.90 Å². The summed E-state index contributed by atoms with van der Waals surface area (Å²) in [5.74, 6) is 0.485. The first-order valence-corrected chi connectivity index (χ1v) is 17.7. The molecule has 0 spiro atoms. The van der Waals surface area contributed by atoms with Gasteiger partial charge < -0.3 is 15.0 Å². The molecule has 8 nitrogen and oxygen atoms in total. The van der Waals surface area contributed by atoms with Crippen LogP contribution in [0.5, 0.6) is 11.5 Å². The van der Waals surface area contributed by atoms with Crippen molar-refractivity contribution < 1.29 is 22.7 Å². The Morgan fingerprint density at radius 3 is 2.13 bits per heavy atom. The fourth-order valence-electron chi connectivity index (χ4n) is 5.97. The lowest BCUT2D eigenvalue weighted by Gasteiger charge is -2.34. The first-order valence-electron chi connectivity index (χ1n) is 16.2. The van der Waals surface area contributed by atoms with E-state index in [1.54, 1.807) is 48.5 Å². The Kier molecular flexibility index (Phi) is 11.0. The average Bonchev–Trinajstić information content (AvgIpc) is 3.57. The SMILES string of the molecule is CC[C@@H](C(=O)NC1CCCC1)N(Cc1cccc(C)c1)C(=O)CN(c1ccc(Oc2ccccc2)cc1)S(=O)(=O)c1ccc(C)cc1. The molecule has 47 heavy (non-hydrogen) atoms. The number of carbonyl (C=O) groups is 2. The van der Waals surface area contributed by atoms with Crippen LogP contribution in [0.3, 0.4) is 0 Å². The molecule has 2 amide bonds. The maximum Gasteiger partial charge on any atom is 0.264 e. The van der Waals surface area contributed by atoms with E-state index in [0.717, 1.165) is 46.7 Å². The number of aryl methyl sites for hydroxylation is 2. The van der Waals surface area contributed by atoms with E-state index in [1.807, 2.05) is 75.4 Å². The van der Waals surface area contributed by atoms with Gasteiger partial charge in [-0.1, -0.05) is 85.5 Å². The van der Waals surface area contributed by atoms with Crippen LogP contribution < -0.4 is 14.4 Å². The number of nitrogens with one attached hydrogen (secondary N) is 1. The van der Waals surface area contributed by atoms with Crippen LogP contribution in [-0.4, -0.2) is 43.8 Å². The number of hydrogen-bond donors (Lipinski definition) is 1.